The molecule has 0 aliphatic carbocycles. The first-order valence-corrected chi connectivity index (χ1v) is 4.76. The molecule has 0 heterocycles. The number of halogens is 4. The Morgan fingerprint density at radius 1 is 1.44 bits per heavy atom. The van der Waals surface area contributed by atoms with Crippen LogP contribution in [0.1, 0.15) is 15.9 Å². The number of nitriles is 1. The SMILES string of the molecule is CN(CC#N)C(=O)c1cc(C(F)(F)F)ccc1F. The number of benzene rings is 1. The molecule has 18 heavy (non-hydrogen) atoms. The maximum Gasteiger partial charge on any atom is 0.416 e. The van der Waals surface area contributed by atoms with Gasteiger partial charge in [0.1, 0.15) is 12.4 Å². The van der Waals surface area contributed by atoms with Crippen LogP contribution in [-0.4, -0.2) is 24.4 Å². The fraction of sp³-hybridized carbons (Fsp3) is 0.273. The summed E-state index contributed by atoms with van der Waals surface area (Å²) in [4.78, 5) is 12.4. The average Bonchev–Trinajstić information content (AvgIpc) is 2.27. The minimum atomic E-state index is -4.66. The van der Waals surface area contributed by atoms with E-state index in [-0.39, 0.29) is 6.54 Å². The molecule has 0 bridgehead atoms. The number of amides is 1. The van der Waals surface area contributed by atoms with Gasteiger partial charge in [0.15, 0.2) is 0 Å². The maximum atomic E-state index is 13.3. The van der Waals surface area contributed by atoms with Crippen LogP contribution in [0.5, 0.6) is 0 Å². The first-order valence-electron chi connectivity index (χ1n) is 4.76. The summed E-state index contributed by atoms with van der Waals surface area (Å²) in [6.07, 6.45) is -4.66. The van der Waals surface area contributed by atoms with E-state index in [4.69, 9.17) is 5.26 Å². The summed E-state index contributed by atoms with van der Waals surface area (Å²) >= 11 is 0. The fourth-order valence-electron chi connectivity index (χ4n) is 1.25. The van der Waals surface area contributed by atoms with Gasteiger partial charge in [0.25, 0.3) is 5.91 Å². The highest BCUT2D eigenvalue weighted by Gasteiger charge is 2.32. The first kappa shape index (κ1) is 14.0. The topological polar surface area (TPSA) is 44.1 Å². The van der Waals surface area contributed by atoms with Crippen LogP contribution in [0.2, 0.25) is 0 Å². The fourth-order valence-corrected chi connectivity index (χ4v) is 1.25. The van der Waals surface area contributed by atoms with Crippen LogP contribution < -0.4 is 0 Å². The van der Waals surface area contributed by atoms with E-state index in [0.717, 1.165) is 4.90 Å². The zero-order chi connectivity index (χ0) is 13.9. The number of hydrogen-bond acceptors (Lipinski definition) is 2. The van der Waals surface area contributed by atoms with Crippen LogP contribution in [0, 0.1) is 17.1 Å². The van der Waals surface area contributed by atoms with Crippen LogP contribution in [0.25, 0.3) is 0 Å². The van der Waals surface area contributed by atoms with Crippen molar-refractivity contribution in [1.82, 2.24) is 4.90 Å². The summed E-state index contributed by atoms with van der Waals surface area (Å²) in [6.45, 7) is -0.339. The van der Waals surface area contributed by atoms with Gasteiger partial charge in [0, 0.05) is 7.05 Å². The van der Waals surface area contributed by atoms with Gasteiger partial charge in [-0.25, -0.2) is 4.39 Å². The Morgan fingerprint density at radius 3 is 2.56 bits per heavy atom. The monoisotopic (exact) mass is 260 g/mol. The quantitative estimate of drug-likeness (QED) is 0.605. The summed E-state index contributed by atoms with van der Waals surface area (Å²) in [5, 5.41) is 8.37. The van der Waals surface area contributed by atoms with E-state index in [2.05, 4.69) is 0 Å². The molecule has 0 N–H and O–H groups in total. The van der Waals surface area contributed by atoms with Gasteiger partial charge in [-0.2, -0.15) is 18.4 Å². The molecule has 3 nitrogen and oxygen atoms in total. The van der Waals surface area contributed by atoms with Gasteiger partial charge in [0.2, 0.25) is 0 Å². The smallest absolute Gasteiger partial charge is 0.328 e. The van der Waals surface area contributed by atoms with E-state index in [9.17, 15) is 22.4 Å². The third kappa shape index (κ3) is 2.97. The molecule has 1 aromatic rings. The first-order chi connectivity index (χ1) is 8.27. The molecule has 0 aliphatic rings. The van der Waals surface area contributed by atoms with Crippen molar-refractivity contribution in [3.63, 3.8) is 0 Å². The van der Waals surface area contributed by atoms with E-state index in [0.29, 0.717) is 18.2 Å². The zero-order valence-electron chi connectivity index (χ0n) is 9.25. The molecule has 0 radical (unpaired) electrons. The summed E-state index contributed by atoms with van der Waals surface area (Å²) in [5.74, 6) is -2.03. The lowest BCUT2D eigenvalue weighted by molar-refractivity contribution is -0.137. The van der Waals surface area contributed by atoms with E-state index < -0.39 is 29.0 Å². The number of carbonyl (C=O) groups is 1. The predicted octanol–water partition coefficient (Wildman–Crippen LogP) is 2.44. The molecule has 7 heteroatoms. The van der Waals surface area contributed by atoms with Gasteiger partial charge in [-0.3, -0.25) is 4.79 Å². The third-order valence-corrected chi connectivity index (χ3v) is 2.18. The molecule has 0 fully saturated rings. The minimum absolute atomic E-state index is 0.339. The van der Waals surface area contributed by atoms with E-state index >= 15 is 0 Å². The van der Waals surface area contributed by atoms with Crippen LogP contribution in [0.4, 0.5) is 17.6 Å². The van der Waals surface area contributed by atoms with Gasteiger partial charge in [-0.1, -0.05) is 0 Å². The molecule has 0 saturated carbocycles. The van der Waals surface area contributed by atoms with Crippen LogP contribution in [-0.2, 0) is 6.18 Å². The normalized spacial score (nSPS) is 10.9. The van der Waals surface area contributed by atoms with Crippen LogP contribution in [0.15, 0.2) is 18.2 Å². The van der Waals surface area contributed by atoms with Crippen molar-refractivity contribution in [3.8, 4) is 6.07 Å². The zero-order valence-corrected chi connectivity index (χ0v) is 9.25. The summed E-state index contributed by atoms with van der Waals surface area (Å²) in [7, 11) is 1.20. The molecular weight excluding hydrogens is 252 g/mol. The van der Waals surface area contributed by atoms with Crippen LogP contribution >= 0.6 is 0 Å². The van der Waals surface area contributed by atoms with Gasteiger partial charge in [0.05, 0.1) is 17.2 Å². The van der Waals surface area contributed by atoms with E-state index in [1.807, 2.05) is 0 Å². The van der Waals surface area contributed by atoms with Crippen molar-refractivity contribution in [2.45, 2.75) is 6.18 Å². The van der Waals surface area contributed by atoms with Crippen molar-refractivity contribution in [2.75, 3.05) is 13.6 Å². The Morgan fingerprint density at radius 2 is 2.06 bits per heavy atom. The largest absolute Gasteiger partial charge is 0.416 e. The summed E-state index contributed by atoms with van der Waals surface area (Å²) in [6, 6.07) is 3.21. The van der Waals surface area contributed by atoms with Gasteiger partial charge in [-0.05, 0) is 18.2 Å². The van der Waals surface area contributed by atoms with E-state index in [1.54, 1.807) is 6.07 Å². The molecule has 0 spiro atoms. The number of hydrogen-bond donors (Lipinski definition) is 0. The maximum absolute atomic E-state index is 13.3. The van der Waals surface area contributed by atoms with Crippen LogP contribution in [0.3, 0.4) is 0 Å². The molecule has 0 aliphatic heterocycles. The molecule has 0 aromatic heterocycles. The molecule has 1 aromatic carbocycles. The number of alkyl halides is 3. The van der Waals surface area contributed by atoms with Crippen molar-refractivity contribution in [1.29, 1.82) is 5.26 Å². The Balaban J connectivity index is 3.17. The number of carbonyl (C=O) groups excluding carboxylic acids is 1. The van der Waals surface area contributed by atoms with Crippen molar-refractivity contribution >= 4 is 5.91 Å². The van der Waals surface area contributed by atoms with E-state index in [1.165, 1.54) is 7.05 Å². The second-order valence-electron chi connectivity index (χ2n) is 3.51. The Labute approximate surface area is 100 Å². The minimum Gasteiger partial charge on any atom is -0.328 e. The molecule has 1 rings (SSSR count). The van der Waals surface area contributed by atoms with Gasteiger partial charge < -0.3 is 4.90 Å². The molecule has 1 amide bonds. The second-order valence-corrected chi connectivity index (χ2v) is 3.51. The van der Waals surface area contributed by atoms with Crippen molar-refractivity contribution in [2.24, 2.45) is 0 Å². The predicted molar refractivity (Wildman–Crippen MR) is 54.0 cm³/mol. The molecule has 0 unspecified atom stereocenters. The lowest BCUT2D eigenvalue weighted by Crippen LogP contribution is -2.28. The lowest BCUT2D eigenvalue weighted by Gasteiger charge is -2.15. The Bertz CT molecular complexity index is 505. The summed E-state index contributed by atoms with van der Waals surface area (Å²) < 4.78 is 50.5. The molecule has 0 saturated heterocycles. The highest BCUT2D eigenvalue weighted by molar-refractivity contribution is 5.94. The highest BCUT2D eigenvalue weighted by Crippen LogP contribution is 2.30. The Hall–Kier alpha value is -2.10. The standard InChI is InChI=1S/C11H8F4N2O/c1-17(5-4-16)10(18)8-6-7(11(13,14)15)2-3-9(8)12/h2-3,6H,5H2,1H3. The lowest BCUT2D eigenvalue weighted by atomic mass is 10.1. The second kappa shape index (κ2) is 5.04. The molecule has 0 atom stereocenters. The highest BCUT2D eigenvalue weighted by atomic mass is 19.4. The summed E-state index contributed by atoms with van der Waals surface area (Å²) in [5.41, 5.74) is -1.82. The Kier molecular flexibility index (Phi) is 3.91. The number of nitrogens with zero attached hydrogens (tertiary/aromatic N) is 2. The van der Waals surface area contributed by atoms with Crippen molar-refractivity contribution in [3.05, 3.63) is 35.1 Å². The molecule has 96 valence electrons. The van der Waals surface area contributed by atoms with Gasteiger partial charge >= 0.3 is 6.18 Å². The number of rotatable bonds is 2. The van der Waals surface area contributed by atoms with Gasteiger partial charge in [-0.15, -0.1) is 0 Å². The third-order valence-electron chi connectivity index (χ3n) is 2.18. The molecular formula is C11H8F4N2O. The van der Waals surface area contributed by atoms with Crippen molar-refractivity contribution < 1.29 is 22.4 Å². The average molecular weight is 260 g/mol.